The molecule has 0 spiro atoms. The molecule has 2 aromatic rings. The minimum Gasteiger partial charge on any atom is -0.484 e. The lowest BCUT2D eigenvalue weighted by molar-refractivity contribution is -0.118. The summed E-state index contributed by atoms with van der Waals surface area (Å²) in [6, 6.07) is 15.0. The summed E-state index contributed by atoms with van der Waals surface area (Å²) in [5, 5.41) is 2.89. The van der Waals surface area contributed by atoms with E-state index in [2.05, 4.69) is 17.1 Å². The Morgan fingerprint density at radius 3 is 2.41 bits per heavy atom. The number of carbonyl (C=O) groups excluding carboxylic acids is 2. The number of piperidine rings is 2. The standard InChI is InChI=1S/C26H33N3O3/c1-20-12-16-29(17-13-20)26(31)23-18-21(10-11-24(23)28-14-6-3-7-15-28)27-25(30)19-32-22-8-4-2-5-9-22/h2,4-5,8-11,18,20H,3,6-7,12-17,19H2,1H3,(H,27,30). The molecule has 2 aromatic carbocycles. The van der Waals surface area contributed by atoms with Crippen LogP contribution in [0.2, 0.25) is 0 Å². The van der Waals surface area contributed by atoms with E-state index in [1.54, 1.807) is 0 Å². The van der Waals surface area contributed by atoms with Crippen molar-refractivity contribution in [2.24, 2.45) is 5.92 Å². The van der Waals surface area contributed by atoms with Crippen molar-refractivity contribution in [3.05, 3.63) is 54.1 Å². The third kappa shape index (κ3) is 5.61. The average molecular weight is 436 g/mol. The smallest absolute Gasteiger partial charge is 0.262 e. The van der Waals surface area contributed by atoms with E-state index in [0.29, 0.717) is 22.9 Å². The van der Waals surface area contributed by atoms with Gasteiger partial charge in [0.1, 0.15) is 5.75 Å². The molecule has 6 heteroatoms. The predicted molar refractivity (Wildman–Crippen MR) is 127 cm³/mol. The quantitative estimate of drug-likeness (QED) is 0.722. The van der Waals surface area contributed by atoms with Crippen LogP contribution in [0.3, 0.4) is 0 Å². The van der Waals surface area contributed by atoms with E-state index in [-0.39, 0.29) is 18.4 Å². The van der Waals surface area contributed by atoms with E-state index in [1.165, 1.54) is 6.42 Å². The maximum atomic E-state index is 13.5. The summed E-state index contributed by atoms with van der Waals surface area (Å²) in [6.45, 7) is 5.68. The zero-order valence-corrected chi connectivity index (χ0v) is 18.9. The van der Waals surface area contributed by atoms with Crippen molar-refractivity contribution in [1.82, 2.24) is 4.90 Å². The lowest BCUT2D eigenvalue weighted by Gasteiger charge is -2.34. The van der Waals surface area contributed by atoms with Crippen LogP contribution >= 0.6 is 0 Å². The van der Waals surface area contributed by atoms with Crippen LogP contribution in [0.1, 0.15) is 49.4 Å². The maximum absolute atomic E-state index is 13.5. The number of likely N-dealkylation sites (tertiary alicyclic amines) is 1. The zero-order chi connectivity index (χ0) is 22.3. The number of para-hydroxylation sites is 1. The summed E-state index contributed by atoms with van der Waals surface area (Å²) in [5.41, 5.74) is 2.29. The number of nitrogens with zero attached hydrogens (tertiary/aromatic N) is 2. The van der Waals surface area contributed by atoms with Crippen molar-refractivity contribution in [2.45, 2.75) is 39.0 Å². The molecular weight excluding hydrogens is 402 g/mol. The first-order valence-corrected chi connectivity index (χ1v) is 11.8. The number of anilines is 2. The number of hydrogen-bond donors (Lipinski definition) is 1. The van der Waals surface area contributed by atoms with E-state index >= 15 is 0 Å². The highest BCUT2D eigenvalue weighted by atomic mass is 16.5. The number of benzene rings is 2. The number of ether oxygens (including phenoxy) is 1. The Bertz CT molecular complexity index is 917. The molecule has 2 aliphatic rings. The van der Waals surface area contributed by atoms with E-state index in [1.807, 2.05) is 53.4 Å². The van der Waals surface area contributed by atoms with Gasteiger partial charge in [0.15, 0.2) is 6.61 Å². The van der Waals surface area contributed by atoms with Gasteiger partial charge in [-0.2, -0.15) is 0 Å². The van der Waals surface area contributed by atoms with Crippen LogP contribution in [0.5, 0.6) is 5.75 Å². The topological polar surface area (TPSA) is 61.9 Å². The van der Waals surface area contributed by atoms with Crippen LogP contribution in [0, 0.1) is 5.92 Å². The Kier molecular flexibility index (Phi) is 7.30. The van der Waals surface area contributed by atoms with Crippen LogP contribution in [-0.2, 0) is 4.79 Å². The van der Waals surface area contributed by atoms with Gasteiger partial charge in [-0.3, -0.25) is 9.59 Å². The fourth-order valence-electron chi connectivity index (χ4n) is 4.44. The van der Waals surface area contributed by atoms with Gasteiger partial charge in [0, 0.05) is 37.6 Å². The molecule has 0 unspecified atom stereocenters. The van der Waals surface area contributed by atoms with Gasteiger partial charge in [-0.25, -0.2) is 0 Å². The molecule has 0 bridgehead atoms. The third-order valence-electron chi connectivity index (χ3n) is 6.39. The van der Waals surface area contributed by atoms with Gasteiger partial charge in [0.2, 0.25) is 0 Å². The van der Waals surface area contributed by atoms with Gasteiger partial charge >= 0.3 is 0 Å². The van der Waals surface area contributed by atoms with Crippen LogP contribution in [0.25, 0.3) is 0 Å². The summed E-state index contributed by atoms with van der Waals surface area (Å²) in [4.78, 5) is 30.2. The van der Waals surface area contributed by atoms with Crippen molar-refractivity contribution in [3.63, 3.8) is 0 Å². The van der Waals surface area contributed by atoms with Gasteiger partial charge in [-0.1, -0.05) is 25.1 Å². The van der Waals surface area contributed by atoms with E-state index in [0.717, 1.165) is 57.5 Å². The Morgan fingerprint density at radius 2 is 1.69 bits per heavy atom. The van der Waals surface area contributed by atoms with Crippen molar-refractivity contribution in [2.75, 3.05) is 43.0 Å². The zero-order valence-electron chi connectivity index (χ0n) is 18.9. The number of rotatable bonds is 6. The molecule has 0 radical (unpaired) electrons. The lowest BCUT2D eigenvalue weighted by atomic mass is 9.98. The maximum Gasteiger partial charge on any atom is 0.262 e. The molecule has 0 aliphatic carbocycles. The number of hydrogen-bond acceptors (Lipinski definition) is 4. The predicted octanol–water partition coefficient (Wildman–Crippen LogP) is 4.57. The highest BCUT2D eigenvalue weighted by molar-refractivity contribution is 6.02. The number of nitrogens with one attached hydrogen (secondary N) is 1. The van der Waals surface area contributed by atoms with Crippen LogP contribution < -0.4 is 15.0 Å². The SMILES string of the molecule is CC1CCN(C(=O)c2cc(NC(=O)COc3ccccc3)ccc2N2CCCCC2)CC1. The van der Waals surface area contributed by atoms with Crippen molar-refractivity contribution in [1.29, 1.82) is 0 Å². The second kappa shape index (κ2) is 10.5. The molecule has 170 valence electrons. The summed E-state index contributed by atoms with van der Waals surface area (Å²) in [6.07, 6.45) is 5.60. The summed E-state index contributed by atoms with van der Waals surface area (Å²) in [7, 11) is 0. The molecule has 32 heavy (non-hydrogen) atoms. The second-order valence-electron chi connectivity index (χ2n) is 8.90. The molecule has 6 nitrogen and oxygen atoms in total. The first-order valence-electron chi connectivity index (χ1n) is 11.8. The fourth-order valence-corrected chi connectivity index (χ4v) is 4.44. The highest BCUT2D eigenvalue weighted by Crippen LogP contribution is 2.29. The first-order chi connectivity index (χ1) is 15.6. The Labute approximate surface area is 190 Å². The van der Waals surface area contributed by atoms with Gasteiger partial charge in [0.05, 0.1) is 5.56 Å². The monoisotopic (exact) mass is 435 g/mol. The molecule has 0 saturated carbocycles. The molecular formula is C26H33N3O3. The second-order valence-corrected chi connectivity index (χ2v) is 8.90. The van der Waals surface area contributed by atoms with Gasteiger partial charge in [-0.05, 0) is 68.4 Å². The minimum atomic E-state index is -0.246. The number of amides is 2. The first kappa shape index (κ1) is 22.2. The Balaban J connectivity index is 1.50. The van der Waals surface area contributed by atoms with Gasteiger partial charge in [0.25, 0.3) is 11.8 Å². The van der Waals surface area contributed by atoms with E-state index in [9.17, 15) is 9.59 Å². The molecule has 4 rings (SSSR count). The lowest BCUT2D eigenvalue weighted by Crippen LogP contribution is -2.39. The molecule has 2 aliphatic heterocycles. The Morgan fingerprint density at radius 1 is 0.969 bits per heavy atom. The van der Waals surface area contributed by atoms with Crippen LogP contribution in [-0.4, -0.2) is 49.5 Å². The third-order valence-corrected chi connectivity index (χ3v) is 6.39. The van der Waals surface area contributed by atoms with Gasteiger partial charge < -0.3 is 19.9 Å². The molecule has 2 heterocycles. The Hall–Kier alpha value is -3.02. The molecule has 0 aromatic heterocycles. The van der Waals surface area contributed by atoms with Crippen molar-refractivity contribution < 1.29 is 14.3 Å². The minimum absolute atomic E-state index is 0.0640. The molecule has 0 atom stereocenters. The molecule has 1 N–H and O–H groups in total. The molecule has 2 fully saturated rings. The van der Waals surface area contributed by atoms with E-state index in [4.69, 9.17) is 4.74 Å². The largest absolute Gasteiger partial charge is 0.484 e. The summed E-state index contributed by atoms with van der Waals surface area (Å²) >= 11 is 0. The van der Waals surface area contributed by atoms with Gasteiger partial charge in [-0.15, -0.1) is 0 Å². The van der Waals surface area contributed by atoms with Crippen molar-refractivity contribution in [3.8, 4) is 5.75 Å². The fraction of sp³-hybridized carbons (Fsp3) is 0.462. The number of carbonyl (C=O) groups is 2. The normalized spacial score (nSPS) is 17.2. The summed E-state index contributed by atoms with van der Waals surface area (Å²) < 4.78 is 5.55. The molecule has 2 saturated heterocycles. The highest BCUT2D eigenvalue weighted by Gasteiger charge is 2.26. The van der Waals surface area contributed by atoms with E-state index < -0.39 is 0 Å². The molecule has 2 amide bonds. The van der Waals surface area contributed by atoms with Crippen molar-refractivity contribution >= 4 is 23.2 Å². The van der Waals surface area contributed by atoms with Crippen LogP contribution in [0.4, 0.5) is 11.4 Å². The average Bonchev–Trinajstić information content (AvgIpc) is 2.84. The summed E-state index contributed by atoms with van der Waals surface area (Å²) in [5.74, 6) is 1.13. The van der Waals surface area contributed by atoms with Crippen LogP contribution in [0.15, 0.2) is 48.5 Å².